The molecule has 0 aliphatic rings. The van der Waals surface area contributed by atoms with Crippen molar-refractivity contribution in [2.75, 3.05) is 7.11 Å². The Bertz CT molecular complexity index is 1040. The molecule has 1 heterocycles. The highest BCUT2D eigenvalue weighted by atomic mass is 32.1. The van der Waals surface area contributed by atoms with Crippen molar-refractivity contribution in [2.45, 2.75) is 19.5 Å². The second kappa shape index (κ2) is 7.91. The van der Waals surface area contributed by atoms with Gasteiger partial charge in [0.05, 0.1) is 12.7 Å². The molecule has 4 aromatic rings. The van der Waals surface area contributed by atoms with Gasteiger partial charge in [-0.2, -0.15) is 0 Å². The lowest BCUT2D eigenvalue weighted by Crippen LogP contribution is -2.18. The second-order valence-electron chi connectivity index (χ2n) is 6.58. The first kappa shape index (κ1) is 17.7. The normalized spacial score (nSPS) is 12.2. The molecule has 4 heteroatoms. The predicted octanol–water partition coefficient (Wildman–Crippen LogP) is 5.82. The van der Waals surface area contributed by atoms with Gasteiger partial charge in [0.2, 0.25) is 0 Å². The molecule has 1 N–H and O–H groups in total. The molecule has 0 unspecified atom stereocenters. The van der Waals surface area contributed by atoms with Gasteiger partial charge in [0.15, 0.2) is 0 Å². The molecular weight excluding hydrogens is 352 g/mol. The highest BCUT2D eigenvalue weighted by molar-refractivity contribution is 7.13. The molecule has 0 amide bonds. The number of ether oxygens (including phenoxy) is 1. The first-order valence-electron chi connectivity index (χ1n) is 9.03. The molecular formula is C23H22N2OS. The van der Waals surface area contributed by atoms with Gasteiger partial charge in [0, 0.05) is 24.2 Å². The summed E-state index contributed by atoms with van der Waals surface area (Å²) in [6, 6.07) is 21.7. The van der Waals surface area contributed by atoms with E-state index in [4.69, 9.17) is 4.74 Å². The molecule has 0 bridgehead atoms. The quantitative estimate of drug-likeness (QED) is 0.461. The van der Waals surface area contributed by atoms with Gasteiger partial charge < -0.3 is 10.1 Å². The van der Waals surface area contributed by atoms with Gasteiger partial charge >= 0.3 is 0 Å². The second-order valence-corrected chi connectivity index (χ2v) is 7.48. The summed E-state index contributed by atoms with van der Waals surface area (Å²) < 4.78 is 5.51. The number of aromatic nitrogens is 1. The van der Waals surface area contributed by atoms with Crippen LogP contribution < -0.4 is 10.1 Å². The number of nitrogens with one attached hydrogen (secondary N) is 1. The van der Waals surface area contributed by atoms with Crippen molar-refractivity contribution < 1.29 is 4.74 Å². The Morgan fingerprint density at radius 1 is 1.04 bits per heavy atom. The number of hydrogen-bond donors (Lipinski definition) is 1. The van der Waals surface area contributed by atoms with Crippen LogP contribution in [0.3, 0.4) is 0 Å². The maximum Gasteiger partial charge on any atom is 0.129 e. The van der Waals surface area contributed by atoms with Crippen LogP contribution in [-0.2, 0) is 6.54 Å². The van der Waals surface area contributed by atoms with Crippen LogP contribution in [-0.4, -0.2) is 12.1 Å². The van der Waals surface area contributed by atoms with Crippen molar-refractivity contribution >= 4 is 22.1 Å². The van der Waals surface area contributed by atoms with Gasteiger partial charge in [-0.25, -0.2) is 4.98 Å². The Morgan fingerprint density at radius 2 is 1.89 bits per heavy atom. The largest absolute Gasteiger partial charge is 0.496 e. The van der Waals surface area contributed by atoms with Gasteiger partial charge in [0.25, 0.3) is 0 Å². The molecule has 4 rings (SSSR count). The smallest absolute Gasteiger partial charge is 0.129 e. The number of benzene rings is 3. The third-order valence-electron chi connectivity index (χ3n) is 4.81. The molecule has 136 valence electrons. The van der Waals surface area contributed by atoms with Crippen LogP contribution in [0.4, 0.5) is 0 Å². The molecule has 27 heavy (non-hydrogen) atoms. The standard InChI is InChI=1S/C23H22N2OS/c1-16(19-9-8-18-5-3-4-6-20(18)14-19)25-15-17-7-10-22(26-2)21(13-17)23-24-11-12-27-23/h3-14,16,25H,15H2,1-2H3/t16-/m1/s1. The van der Waals surface area contributed by atoms with Gasteiger partial charge in [0.1, 0.15) is 10.8 Å². The highest BCUT2D eigenvalue weighted by Gasteiger charge is 2.11. The lowest BCUT2D eigenvalue weighted by Gasteiger charge is -2.16. The van der Waals surface area contributed by atoms with E-state index >= 15 is 0 Å². The van der Waals surface area contributed by atoms with Crippen LogP contribution in [0.15, 0.2) is 72.2 Å². The zero-order valence-corrected chi connectivity index (χ0v) is 16.3. The van der Waals surface area contributed by atoms with E-state index in [1.807, 2.05) is 17.6 Å². The van der Waals surface area contributed by atoms with Crippen molar-refractivity contribution in [3.63, 3.8) is 0 Å². The van der Waals surface area contributed by atoms with E-state index < -0.39 is 0 Å². The monoisotopic (exact) mass is 374 g/mol. The Balaban J connectivity index is 1.51. The molecule has 0 saturated heterocycles. The summed E-state index contributed by atoms with van der Waals surface area (Å²) in [5, 5.41) is 9.15. The zero-order valence-electron chi connectivity index (χ0n) is 15.5. The van der Waals surface area contributed by atoms with Crippen molar-refractivity contribution in [1.29, 1.82) is 0 Å². The SMILES string of the molecule is COc1ccc(CN[C@H](C)c2ccc3ccccc3c2)cc1-c1nccs1. The van der Waals surface area contributed by atoms with Gasteiger partial charge in [-0.05, 0) is 47.0 Å². The summed E-state index contributed by atoms with van der Waals surface area (Å²) in [5.41, 5.74) is 3.56. The summed E-state index contributed by atoms with van der Waals surface area (Å²) >= 11 is 1.63. The predicted molar refractivity (Wildman–Crippen MR) is 113 cm³/mol. The molecule has 1 aromatic heterocycles. The highest BCUT2D eigenvalue weighted by Crippen LogP contribution is 2.32. The first-order valence-corrected chi connectivity index (χ1v) is 9.91. The summed E-state index contributed by atoms with van der Waals surface area (Å²) in [6.07, 6.45) is 1.83. The molecule has 1 atom stereocenters. The fourth-order valence-corrected chi connectivity index (χ4v) is 3.91. The molecule has 0 aliphatic heterocycles. The van der Waals surface area contributed by atoms with Crippen molar-refractivity contribution in [3.05, 3.63) is 83.4 Å². The number of hydrogen-bond acceptors (Lipinski definition) is 4. The van der Waals surface area contributed by atoms with E-state index in [0.29, 0.717) is 0 Å². The van der Waals surface area contributed by atoms with E-state index in [1.165, 1.54) is 21.9 Å². The van der Waals surface area contributed by atoms with Gasteiger partial charge in [-0.15, -0.1) is 11.3 Å². The van der Waals surface area contributed by atoms with Crippen molar-refractivity contribution in [2.24, 2.45) is 0 Å². The Morgan fingerprint density at radius 3 is 2.67 bits per heavy atom. The fraction of sp³-hybridized carbons (Fsp3) is 0.174. The number of methoxy groups -OCH3 is 1. The molecule has 0 fully saturated rings. The molecule has 3 nitrogen and oxygen atoms in total. The average molecular weight is 375 g/mol. The van der Waals surface area contributed by atoms with Crippen LogP contribution in [0.2, 0.25) is 0 Å². The maximum absolute atomic E-state index is 5.51. The topological polar surface area (TPSA) is 34.1 Å². The van der Waals surface area contributed by atoms with Gasteiger partial charge in [-0.3, -0.25) is 0 Å². The molecule has 0 spiro atoms. The fourth-order valence-electron chi connectivity index (χ4n) is 3.25. The zero-order chi connectivity index (χ0) is 18.6. The van der Waals surface area contributed by atoms with E-state index in [-0.39, 0.29) is 6.04 Å². The third-order valence-corrected chi connectivity index (χ3v) is 5.62. The molecule has 3 aromatic carbocycles. The summed E-state index contributed by atoms with van der Waals surface area (Å²) in [4.78, 5) is 4.43. The molecule has 0 saturated carbocycles. The number of fused-ring (bicyclic) bond motifs is 1. The molecule has 0 radical (unpaired) electrons. The van der Waals surface area contributed by atoms with Crippen LogP contribution >= 0.6 is 11.3 Å². The van der Waals surface area contributed by atoms with Crippen LogP contribution in [0, 0.1) is 0 Å². The van der Waals surface area contributed by atoms with Crippen molar-refractivity contribution in [1.82, 2.24) is 10.3 Å². The lowest BCUT2D eigenvalue weighted by atomic mass is 10.0. The van der Waals surface area contributed by atoms with Gasteiger partial charge in [-0.1, -0.05) is 42.5 Å². The van der Waals surface area contributed by atoms with E-state index in [1.54, 1.807) is 18.4 Å². The minimum absolute atomic E-state index is 0.264. The Kier molecular flexibility index (Phi) is 5.19. The van der Waals surface area contributed by atoms with Crippen LogP contribution in [0.5, 0.6) is 5.75 Å². The summed E-state index contributed by atoms with van der Waals surface area (Å²) in [5.74, 6) is 0.858. The average Bonchev–Trinajstić information content (AvgIpc) is 3.26. The van der Waals surface area contributed by atoms with Crippen molar-refractivity contribution in [3.8, 4) is 16.3 Å². The minimum atomic E-state index is 0.264. The number of nitrogens with zero attached hydrogens (tertiary/aromatic N) is 1. The Hall–Kier alpha value is -2.69. The number of thiazole rings is 1. The molecule has 0 aliphatic carbocycles. The van der Waals surface area contributed by atoms with Crippen LogP contribution in [0.25, 0.3) is 21.3 Å². The van der Waals surface area contributed by atoms with E-state index in [9.17, 15) is 0 Å². The van der Waals surface area contributed by atoms with E-state index in [2.05, 4.69) is 71.8 Å². The lowest BCUT2D eigenvalue weighted by molar-refractivity contribution is 0.416. The minimum Gasteiger partial charge on any atom is -0.496 e. The number of rotatable bonds is 6. The first-order chi connectivity index (χ1) is 13.2. The summed E-state index contributed by atoms with van der Waals surface area (Å²) in [6.45, 7) is 2.99. The Labute approximate surface area is 163 Å². The van der Waals surface area contributed by atoms with Crippen LogP contribution in [0.1, 0.15) is 24.1 Å². The maximum atomic E-state index is 5.51. The van der Waals surface area contributed by atoms with E-state index in [0.717, 1.165) is 22.9 Å². The third kappa shape index (κ3) is 3.87. The summed E-state index contributed by atoms with van der Waals surface area (Å²) in [7, 11) is 1.70.